The van der Waals surface area contributed by atoms with Crippen LogP contribution in [0.2, 0.25) is 0 Å². The van der Waals surface area contributed by atoms with E-state index in [-0.39, 0.29) is 12.5 Å². The van der Waals surface area contributed by atoms with Crippen LogP contribution in [-0.2, 0) is 17.5 Å². The Bertz CT molecular complexity index is 911. The third-order valence-corrected chi connectivity index (χ3v) is 5.29. The fourth-order valence-electron chi connectivity index (χ4n) is 3.67. The molecule has 1 aromatic heterocycles. The van der Waals surface area contributed by atoms with Crippen molar-refractivity contribution in [3.8, 4) is 0 Å². The molecule has 1 saturated carbocycles. The molecule has 1 N–H and O–H groups in total. The van der Waals surface area contributed by atoms with Crippen molar-refractivity contribution in [1.82, 2.24) is 14.9 Å². The van der Waals surface area contributed by atoms with Gasteiger partial charge < -0.3 is 10.2 Å². The van der Waals surface area contributed by atoms with Crippen LogP contribution >= 0.6 is 0 Å². The second-order valence-corrected chi connectivity index (χ2v) is 7.82. The zero-order valence-electron chi connectivity index (χ0n) is 16.2. The Labute approximate surface area is 167 Å². The summed E-state index contributed by atoms with van der Waals surface area (Å²) in [4.78, 5) is 23.6. The van der Waals surface area contributed by atoms with Gasteiger partial charge in [-0.1, -0.05) is 12.1 Å². The van der Waals surface area contributed by atoms with Gasteiger partial charge in [0.1, 0.15) is 17.7 Å². The van der Waals surface area contributed by atoms with Crippen LogP contribution in [0.1, 0.15) is 54.2 Å². The number of rotatable bonds is 5. The number of halogens is 3. The molecule has 1 unspecified atom stereocenters. The van der Waals surface area contributed by atoms with Gasteiger partial charge in [-0.25, -0.2) is 9.97 Å². The van der Waals surface area contributed by atoms with Crippen molar-refractivity contribution >= 4 is 11.7 Å². The molecule has 154 valence electrons. The first-order valence-electron chi connectivity index (χ1n) is 9.86. The van der Waals surface area contributed by atoms with E-state index in [1.54, 1.807) is 11.0 Å². The van der Waals surface area contributed by atoms with Crippen LogP contribution < -0.4 is 5.32 Å². The van der Waals surface area contributed by atoms with E-state index in [0.717, 1.165) is 42.9 Å². The Kier molecular flexibility index (Phi) is 5.19. The van der Waals surface area contributed by atoms with Gasteiger partial charge in [-0.2, -0.15) is 13.2 Å². The molecule has 2 aromatic rings. The highest BCUT2D eigenvalue weighted by molar-refractivity contribution is 5.85. The van der Waals surface area contributed by atoms with Crippen molar-refractivity contribution < 1.29 is 18.0 Å². The van der Waals surface area contributed by atoms with Crippen LogP contribution in [0.5, 0.6) is 0 Å². The number of anilines is 1. The van der Waals surface area contributed by atoms with Crippen molar-refractivity contribution in [2.45, 2.75) is 57.3 Å². The van der Waals surface area contributed by atoms with Gasteiger partial charge in [0, 0.05) is 30.8 Å². The molecule has 0 spiro atoms. The maximum absolute atomic E-state index is 13.0. The summed E-state index contributed by atoms with van der Waals surface area (Å²) in [6.07, 6.45) is -0.760. The first-order chi connectivity index (χ1) is 13.8. The number of alkyl halides is 3. The van der Waals surface area contributed by atoms with Gasteiger partial charge >= 0.3 is 6.18 Å². The van der Waals surface area contributed by atoms with Crippen LogP contribution in [0.15, 0.2) is 30.3 Å². The Morgan fingerprint density at radius 1 is 1.17 bits per heavy atom. The summed E-state index contributed by atoms with van der Waals surface area (Å²) < 4.78 is 38.9. The van der Waals surface area contributed by atoms with Gasteiger partial charge in [0.25, 0.3) is 0 Å². The molecule has 1 aliphatic carbocycles. The predicted octanol–water partition coefficient (Wildman–Crippen LogP) is 4.28. The molecule has 1 aromatic carbocycles. The molecule has 1 saturated heterocycles. The molecule has 1 atom stereocenters. The highest BCUT2D eigenvalue weighted by Crippen LogP contribution is 2.38. The summed E-state index contributed by atoms with van der Waals surface area (Å²) in [7, 11) is 0. The molecule has 29 heavy (non-hydrogen) atoms. The lowest BCUT2D eigenvalue weighted by atomic mass is 10.0. The van der Waals surface area contributed by atoms with E-state index in [9.17, 15) is 18.0 Å². The second-order valence-electron chi connectivity index (χ2n) is 7.82. The summed E-state index contributed by atoms with van der Waals surface area (Å²) in [5.74, 6) is 1.75. The number of nitrogens with one attached hydrogen (secondary N) is 1. The number of nitrogens with zero attached hydrogens (tertiary/aromatic N) is 3. The summed E-state index contributed by atoms with van der Waals surface area (Å²) >= 11 is 0. The number of carbonyl (C=O) groups is 1. The Morgan fingerprint density at radius 3 is 2.69 bits per heavy atom. The summed E-state index contributed by atoms with van der Waals surface area (Å²) in [6, 6.07) is 6.54. The highest BCUT2D eigenvalue weighted by atomic mass is 19.4. The molecule has 8 heteroatoms. The Morgan fingerprint density at radius 2 is 1.97 bits per heavy atom. The lowest BCUT2D eigenvalue weighted by molar-refractivity contribution is -0.137. The lowest BCUT2D eigenvalue weighted by Gasteiger charge is -2.33. The average Bonchev–Trinajstić information content (AvgIpc) is 3.49. The van der Waals surface area contributed by atoms with Crippen molar-refractivity contribution in [3.63, 3.8) is 0 Å². The van der Waals surface area contributed by atoms with Crippen molar-refractivity contribution in [3.05, 3.63) is 53.0 Å². The Hall–Kier alpha value is -2.64. The number of piperidine rings is 1. The normalized spacial score (nSPS) is 20.1. The minimum atomic E-state index is -4.39. The third kappa shape index (κ3) is 4.68. The standard InChI is InChI=1S/C21H23F3N4O/c1-13-10-18(27-19(25-13)15-7-8-15)26-17-6-3-9-28(20(17)29)12-14-4-2-5-16(11-14)21(22,23)24/h2,4-5,10-11,15,17H,3,6-9,12H2,1H3,(H,25,26,27). The van der Waals surface area contributed by atoms with Crippen LogP contribution in [0.4, 0.5) is 19.0 Å². The van der Waals surface area contributed by atoms with Gasteiger partial charge in [0.15, 0.2) is 0 Å². The monoisotopic (exact) mass is 404 g/mol. The third-order valence-electron chi connectivity index (χ3n) is 5.29. The minimum absolute atomic E-state index is 0.113. The zero-order chi connectivity index (χ0) is 20.6. The second kappa shape index (κ2) is 7.65. The van der Waals surface area contributed by atoms with Crippen molar-refractivity contribution in [2.24, 2.45) is 0 Å². The number of amides is 1. The SMILES string of the molecule is Cc1cc(NC2CCCN(Cc3cccc(C(F)(F)F)c3)C2=O)nc(C2CC2)n1. The molecular weight excluding hydrogens is 381 g/mol. The van der Waals surface area contributed by atoms with E-state index in [2.05, 4.69) is 15.3 Å². The van der Waals surface area contributed by atoms with E-state index in [1.807, 2.05) is 13.0 Å². The molecule has 2 heterocycles. The molecule has 0 radical (unpaired) electrons. The minimum Gasteiger partial charge on any atom is -0.358 e. The molecular formula is C21H23F3N4O. The fraction of sp³-hybridized carbons (Fsp3) is 0.476. The van der Waals surface area contributed by atoms with Crippen molar-refractivity contribution in [1.29, 1.82) is 0 Å². The average molecular weight is 404 g/mol. The molecule has 0 bridgehead atoms. The maximum Gasteiger partial charge on any atom is 0.416 e. The van der Waals surface area contributed by atoms with Gasteiger partial charge in [-0.05, 0) is 50.3 Å². The number of aromatic nitrogens is 2. The van der Waals surface area contributed by atoms with Crippen LogP contribution in [0, 0.1) is 6.92 Å². The molecule has 4 rings (SSSR count). The van der Waals surface area contributed by atoms with E-state index in [0.29, 0.717) is 30.3 Å². The summed E-state index contributed by atoms with van der Waals surface area (Å²) in [5, 5.41) is 3.22. The van der Waals surface area contributed by atoms with Gasteiger partial charge in [0.2, 0.25) is 5.91 Å². The molecule has 1 aliphatic heterocycles. The van der Waals surface area contributed by atoms with E-state index in [1.165, 1.54) is 6.07 Å². The van der Waals surface area contributed by atoms with Crippen LogP contribution in [0.25, 0.3) is 0 Å². The Balaban J connectivity index is 1.46. The number of hydrogen-bond acceptors (Lipinski definition) is 4. The summed E-state index contributed by atoms with van der Waals surface area (Å²) in [6.45, 7) is 2.60. The molecule has 2 aliphatic rings. The smallest absolute Gasteiger partial charge is 0.358 e. The molecule has 2 fully saturated rings. The predicted molar refractivity (Wildman–Crippen MR) is 102 cm³/mol. The molecule has 1 amide bonds. The number of carbonyl (C=O) groups excluding carboxylic acids is 1. The number of aryl methyl sites for hydroxylation is 1. The van der Waals surface area contributed by atoms with Gasteiger partial charge in [-0.15, -0.1) is 0 Å². The number of benzene rings is 1. The van der Waals surface area contributed by atoms with Crippen molar-refractivity contribution in [2.75, 3.05) is 11.9 Å². The van der Waals surface area contributed by atoms with E-state index in [4.69, 9.17) is 0 Å². The fourth-order valence-corrected chi connectivity index (χ4v) is 3.67. The van der Waals surface area contributed by atoms with E-state index < -0.39 is 17.8 Å². The summed E-state index contributed by atoms with van der Waals surface area (Å²) in [5.41, 5.74) is 0.634. The maximum atomic E-state index is 13.0. The van der Waals surface area contributed by atoms with Crippen LogP contribution in [0.3, 0.4) is 0 Å². The number of likely N-dealkylation sites (tertiary alicyclic amines) is 1. The quantitative estimate of drug-likeness (QED) is 0.808. The molecule has 5 nitrogen and oxygen atoms in total. The zero-order valence-corrected chi connectivity index (χ0v) is 16.2. The van der Waals surface area contributed by atoms with Gasteiger partial charge in [-0.3, -0.25) is 4.79 Å². The first kappa shape index (κ1) is 19.7. The lowest BCUT2D eigenvalue weighted by Crippen LogP contribution is -2.47. The van der Waals surface area contributed by atoms with Crippen LogP contribution in [-0.4, -0.2) is 33.4 Å². The van der Waals surface area contributed by atoms with E-state index >= 15 is 0 Å². The largest absolute Gasteiger partial charge is 0.416 e. The van der Waals surface area contributed by atoms with Gasteiger partial charge in [0.05, 0.1) is 5.56 Å². The topological polar surface area (TPSA) is 58.1 Å². The highest BCUT2D eigenvalue weighted by Gasteiger charge is 2.32. The first-order valence-corrected chi connectivity index (χ1v) is 9.86. The number of hydrogen-bond donors (Lipinski definition) is 1.